The summed E-state index contributed by atoms with van der Waals surface area (Å²) < 4.78 is 1.87. The van der Waals surface area contributed by atoms with Gasteiger partial charge in [-0.1, -0.05) is 27.7 Å². The van der Waals surface area contributed by atoms with Crippen LogP contribution in [-0.4, -0.2) is 27.0 Å². The Morgan fingerprint density at radius 3 is 2.44 bits per heavy atom. The highest BCUT2D eigenvalue weighted by Gasteiger charge is 2.25. The zero-order valence-electron chi connectivity index (χ0n) is 12.3. The van der Waals surface area contributed by atoms with Gasteiger partial charge in [-0.05, 0) is 18.8 Å². The largest absolute Gasteiger partial charge is 0.394 e. The molecule has 0 aliphatic carbocycles. The third kappa shape index (κ3) is 3.33. The zero-order chi connectivity index (χ0) is 13.8. The third-order valence-electron chi connectivity index (χ3n) is 3.79. The lowest BCUT2D eigenvalue weighted by Gasteiger charge is -2.31. The number of nitrogens with zero attached hydrogens (tertiary/aromatic N) is 2. The Kier molecular flexibility index (Phi) is 5.35. The highest BCUT2D eigenvalue weighted by molar-refractivity contribution is 5.20. The maximum Gasteiger partial charge on any atom is 0.0694 e. The molecule has 0 radical (unpaired) electrons. The first-order valence-electron chi connectivity index (χ1n) is 6.86. The first kappa shape index (κ1) is 15.2. The summed E-state index contributed by atoms with van der Waals surface area (Å²) >= 11 is 0. The zero-order valence-corrected chi connectivity index (χ0v) is 12.3. The average Bonchev–Trinajstić information content (AvgIpc) is 2.73. The molecule has 0 amide bonds. The van der Waals surface area contributed by atoms with Crippen molar-refractivity contribution in [2.45, 2.75) is 58.5 Å². The van der Waals surface area contributed by atoms with Crippen LogP contribution in [0.15, 0.2) is 6.20 Å². The number of aryl methyl sites for hydroxylation is 1. The van der Waals surface area contributed by atoms with Crippen molar-refractivity contribution < 1.29 is 5.11 Å². The minimum Gasteiger partial charge on any atom is -0.394 e. The Morgan fingerprint density at radius 1 is 1.39 bits per heavy atom. The molecule has 1 aromatic rings. The molecule has 0 aliphatic rings. The summed E-state index contributed by atoms with van der Waals surface area (Å²) in [6.45, 7) is 9.48. The van der Waals surface area contributed by atoms with Crippen LogP contribution in [0.5, 0.6) is 0 Å². The summed E-state index contributed by atoms with van der Waals surface area (Å²) in [5, 5.41) is 17.6. The van der Waals surface area contributed by atoms with Crippen LogP contribution in [0, 0.1) is 0 Å². The third-order valence-corrected chi connectivity index (χ3v) is 3.79. The maximum absolute atomic E-state index is 9.55. The highest BCUT2D eigenvalue weighted by Crippen LogP contribution is 2.20. The summed E-state index contributed by atoms with van der Waals surface area (Å²) in [5.41, 5.74) is 2.21. The molecule has 4 nitrogen and oxygen atoms in total. The summed E-state index contributed by atoms with van der Waals surface area (Å²) in [5.74, 6) is 0.426. The van der Waals surface area contributed by atoms with Crippen molar-refractivity contribution in [2.24, 2.45) is 7.05 Å². The predicted molar refractivity (Wildman–Crippen MR) is 74.5 cm³/mol. The van der Waals surface area contributed by atoms with Gasteiger partial charge in [0.25, 0.3) is 0 Å². The lowest BCUT2D eigenvalue weighted by Crippen LogP contribution is -2.47. The smallest absolute Gasteiger partial charge is 0.0694 e. The maximum atomic E-state index is 9.55. The summed E-state index contributed by atoms with van der Waals surface area (Å²) in [6.07, 6.45) is 3.92. The fourth-order valence-corrected chi connectivity index (χ4v) is 2.24. The molecule has 0 unspecified atom stereocenters. The molecule has 0 saturated heterocycles. The molecule has 0 aromatic carbocycles. The van der Waals surface area contributed by atoms with Gasteiger partial charge in [-0.3, -0.25) is 4.68 Å². The molecule has 0 atom stereocenters. The van der Waals surface area contributed by atoms with Gasteiger partial charge >= 0.3 is 0 Å². The Morgan fingerprint density at radius 2 is 2.00 bits per heavy atom. The second-order valence-corrected chi connectivity index (χ2v) is 5.37. The molecular weight excluding hydrogens is 226 g/mol. The van der Waals surface area contributed by atoms with Crippen LogP contribution < -0.4 is 5.32 Å². The average molecular weight is 253 g/mol. The fraction of sp³-hybridized carbons (Fsp3) is 0.786. The van der Waals surface area contributed by atoms with Crippen molar-refractivity contribution >= 4 is 0 Å². The SMILES string of the molecule is CCC(CC)(CO)NCc1cn(C)nc1C(C)C. The quantitative estimate of drug-likeness (QED) is 0.783. The van der Waals surface area contributed by atoms with Crippen LogP contribution in [0.1, 0.15) is 57.7 Å². The van der Waals surface area contributed by atoms with Crippen LogP contribution >= 0.6 is 0 Å². The van der Waals surface area contributed by atoms with E-state index in [0.29, 0.717) is 5.92 Å². The van der Waals surface area contributed by atoms with Crippen molar-refractivity contribution in [3.8, 4) is 0 Å². The summed E-state index contributed by atoms with van der Waals surface area (Å²) in [7, 11) is 1.95. The second-order valence-electron chi connectivity index (χ2n) is 5.37. The van der Waals surface area contributed by atoms with Crippen molar-refractivity contribution in [3.05, 3.63) is 17.5 Å². The standard InChI is InChI=1S/C14H27N3O/c1-6-14(7-2,10-18)15-8-12-9-17(5)16-13(12)11(3)4/h9,11,15,18H,6-8,10H2,1-5H3. The van der Waals surface area contributed by atoms with Gasteiger partial charge in [-0.2, -0.15) is 5.10 Å². The Hall–Kier alpha value is -0.870. The van der Waals surface area contributed by atoms with E-state index in [-0.39, 0.29) is 12.1 Å². The van der Waals surface area contributed by atoms with Crippen molar-refractivity contribution in [3.63, 3.8) is 0 Å². The van der Waals surface area contributed by atoms with E-state index in [2.05, 4.69) is 44.3 Å². The van der Waals surface area contributed by atoms with Gasteiger partial charge in [-0.15, -0.1) is 0 Å². The van der Waals surface area contributed by atoms with E-state index in [1.54, 1.807) is 0 Å². The van der Waals surface area contributed by atoms with Gasteiger partial charge in [0.15, 0.2) is 0 Å². The molecule has 1 rings (SSSR count). The van der Waals surface area contributed by atoms with E-state index >= 15 is 0 Å². The van der Waals surface area contributed by atoms with Crippen molar-refractivity contribution in [1.82, 2.24) is 15.1 Å². The second kappa shape index (κ2) is 6.34. The molecule has 104 valence electrons. The first-order chi connectivity index (χ1) is 8.48. The number of aromatic nitrogens is 2. The fourth-order valence-electron chi connectivity index (χ4n) is 2.24. The van der Waals surface area contributed by atoms with E-state index in [1.165, 1.54) is 5.56 Å². The minimum absolute atomic E-state index is 0.163. The molecular formula is C14H27N3O. The van der Waals surface area contributed by atoms with Gasteiger partial charge in [0, 0.05) is 30.9 Å². The molecule has 0 saturated carbocycles. The van der Waals surface area contributed by atoms with Gasteiger partial charge in [0.05, 0.1) is 12.3 Å². The lowest BCUT2D eigenvalue weighted by molar-refractivity contribution is 0.149. The van der Waals surface area contributed by atoms with E-state index in [9.17, 15) is 5.11 Å². The number of rotatable bonds is 7. The van der Waals surface area contributed by atoms with Crippen molar-refractivity contribution in [2.75, 3.05) is 6.61 Å². The number of aliphatic hydroxyl groups excluding tert-OH is 1. The van der Waals surface area contributed by atoms with Crippen LogP contribution in [0.3, 0.4) is 0 Å². The summed E-state index contributed by atoms with van der Waals surface area (Å²) in [6, 6.07) is 0. The highest BCUT2D eigenvalue weighted by atomic mass is 16.3. The minimum atomic E-state index is -0.163. The molecule has 18 heavy (non-hydrogen) atoms. The Balaban J connectivity index is 2.79. The van der Waals surface area contributed by atoms with Crippen molar-refractivity contribution in [1.29, 1.82) is 0 Å². The molecule has 0 bridgehead atoms. The molecule has 0 spiro atoms. The number of hydrogen-bond donors (Lipinski definition) is 2. The van der Waals surface area contributed by atoms with Gasteiger partial charge in [0.1, 0.15) is 0 Å². The molecule has 0 aliphatic heterocycles. The monoisotopic (exact) mass is 253 g/mol. The number of nitrogens with one attached hydrogen (secondary N) is 1. The molecule has 1 aromatic heterocycles. The van der Waals surface area contributed by atoms with Crippen LogP contribution in [0.25, 0.3) is 0 Å². The van der Waals surface area contributed by atoms with E-state index in [1.807, 2.05) is 11.7 Å². The van der Waals surface area contributed by atoms with Gasteiger partial charge in [-0.25, -0.2) is 0 Å². The Bertz CT molecular complexity index is 359. The lowest BCUT2D eigenvalue weighted by atomic mass is 9.93. The van der Waals surface area contributed by atoms with Gasteiger partial charge < -0.3 is 10.4 Å². The van der Waals surface area contributed by atoms with Crippen LogP contribution in [0.2, 0.25) is 0 Å². The molecule has 2 N–H and O–H groups in total. The topological polar surface area (TPSA) is 50.1 Å². The summed E-state index contributed by atoms with van der Waals surface area (Å²) in [4.78, 5) is 0. The van der Waals surface area contributed by atoms with E-state index in [0.717, 1.165) is 25.1 Å². The van der Waals surface area contributed by atoms with Crippen LogP contribution in [0.4, 0.5) is 0 Å². The first-order valence-corrected chi connectivity index (χ1v) is 6.86. The van der Waals surface area contributed by atoms with E-state index < -0.39 is 0 Å². The molecule has 4 heteroatoms. The number of aliphatic hydroxyl groups is 1. The van der Waals surface area contributed by atoms with Crippen LogP contribution in [-0.2, 0) is 13.6 Å². The van der Waals surface area contributed by atoms with Gasteiger partial charge in [0.2, 0.25) is 0 Å². The number of hydrogen-bond acceptors (Lipinski definition) is 3. The van der Waals surface area contributed by atoms with E-state index in [4.69, 9.17) is 0 Å². The Labute approximate surface area is 110 Å². The molecule has 1 heterocycles. The predicted octanol–water partition coefficient (Wildman–Crippen LogP) is 2.18. The molecule has 0 fully saturated rings. The normalized spacial score (nSPS) is 12.4.